The zero-order valence-corrected chi connectivity index (χ0v) is 26.5. The molecule has 0 radical (unpaired) electrons. The number of fused-ring (bicyclic) bond motifs is 5. The molecule has 2 aromatic carbocycles. The number of benzene rings is 2. The van der Waals surface area contributed by atoms with Gasteiger partial charge in [-0.15, -0.1) is 0 Å². The molecule has 9 rings (SSSR count). The lowest BCUT2D eigenvalue weighted by Crippen LogP contribution is -2.47. The zero-order chi connectivity index (χ0) is 30.8. The van der Waals surface area contributed by atoms with Gasteiger partial charge in [-0.25, -0.2) is 4.39 Å². The minimum Gasteiger partial charge on any atom is -0.461 e. The number of piperidine rings is 1. The van der Waals surface area contributed by atoms with E-state index in [9.17, 15) is 0 Å². The zero-order valence-electron chi connectivity index (χ0n) is 25.8. The van der Waals surface area contributed by atoms with Gasteiger partial charge in [0.2, 0.25) is 0 Å². The topological polar surface area (TPSA) is 72.2 Å². The van der Waals surface area contributed by atoms with E-state index in [0.29, 0.717) is 40.5 Å². The van der Waals surface area contributed by atoms with Crippen molar-refractivity contribution >= 4 is 39.1 Å². The van der Waals surface area contributed by atoms with Crippen LogP contribution in [0.1, 0.15) is 44.9 Å². The molecule has 2 bridgehead atoms. The second kappa shape index (κ2) is 11.2. The van der Waals surface area contributed by atoms with Crippen LogP contribution in [0, 0.1) is 17.7 Å². The van der Waals surface area contributed by atoms with E-state index in [2.05, 4.69) is 14.9 Å². The van der Waals surface area contributed by atoms with Crippen molar-refractivity contribution in [3.05, 3.63) is 71.9 Å². The first-order chi connectivity index (χ1) is 22.5. The summed E-state index contributed by atoms with van der Waals surface area (Å²) < 4.78 is 25.4. The molecule has 4 aliphatic rings. The van der Waals surface area contributed by atoms with Gasteiger partial charge < -0.3 is 9.64 Å². The van der Waals surface area contributed by atoms with E-state index in [1.807, 2.05) is 59.5 Å². The van der Waals surface area contributed by atoms with Gasteiger partial charge in [-0.1, -0.05) is 41.9 Å². The Kier molecular flexibility index (Phi) is 6.89. The number of anilines is 1. The van der Waals surface area contributed by atoms with Crippen LogP contribution in [-0.2, 0) is 6.54 Å². The van der Waals surface area contributed by atoms with Crippen molar-refractivity contribution < 1.29 is 9.13 Å². The number of hydrogen-bond donors (Lipinski definition) is 0. The predicted octanol–water partition coefficient (Wildman–Crippen LogP) is 7.15. The molecule has 0 amide bonds. The highest BCUT2D eigenvalue weighted by Crippen LogP contribution is 2.44. The van der Waals surface area contributed by atoms with Gasteiger partial charge in [0.25, 0.3) is 0 Å². The number of rotatable bonds is 7. The molecule has 4 fully saturated rings. The lowest BCUT2D eigenvalue weighted by atomic mass is 9.95. The predicted molar refractivity (Wildman–Crippen MR) is 178 cm³/mol. The highest BCUT2D eigenvalue weighted by Gasteiger charge is 2.50. The summed E-state index contributed by atoms with van der Waals surface area (Å²) in [6.07, 6.45) is 13.7. The third-order valence-corrected chi connectivity index (χ3v) is 11.4. The summed E-state index contributed by atoms with van der Waals surface area (Å²) in [6.45, 7) is 4.24. The molecule has 1 aliphatic carbocycles. The summed E-state index contributed by atoms with van der Waals surface area (Å²) in [5, 5.41) is 7.36. The molecule has 3 saturated heterocycles. The van der Waals surface area contributed by atoms with Crippen LogP contribution < -0.4 is 9.64 Å². The molecule has 3 aliphatic heterocycles. The van der Waals surface area contributed by atoms with Crippen LogP contribution in [0.2, 0.25) is 5.02 Å². The Morgan fingerprint density at radius 1 is 1.00 bits per heavy atom. The number of ether oxygens (including phenoxy) is 1. The minimum atomic E-state index is -0.473. The Morgan fingerprint density at radius 3 is 2.67 bits per heavy atom. The van der Waals surface area contributed by atoms with Crippen LogP contribution in [0.15, 0.2) is 61.1 Å². The maximum Gasteiger partial charge on any atom is 0.319 e. The fraction of sp³-hybridized carbons (Fsp3) is 0.444. The quantitative estimate of drug-likeness (QED) is 0.188. The molecule has 4 atom stereocenters. The van der Waals surface area contributed by atoms with Gasteiger partial charge in [-0.2, -0.15) is 15.1 Å². The SMILES string of the molecule is Fc1c(-c2cccc3cccc(Cl)c23)ncc2c(N3CC4CCC(C4)C3)nc(OC[C@]34CCCN3[C@@H](Cn3cccn3)CC4)nc12. The number of aromatic nitrogens is 5. The molecule has 8 nitrogen and oxygen atoms in total. The lowest BCUT2D eigenvalue weighted by molar-refractivity contribution is 0.0789. The minimum absolute atomic E-state index is 0.0673. The van der Waals surface area contributed by atoms with Crippen molar-refractivity contribution in [3.8, 4) is 17.3 Å². The van der Waals surface area contributed by atoms with E-state index in [1.165, 1.54) is 19.3 Å². The number of halogens is 2. The number of hydrogen-bond acceptors (Lipinski definition) is 7. The van der Waals surface area contributed by atoms with Crippen LogP contribution in [-0.4, -0.2) is 67.5 Å². The third kappa shape index (κ3) is 4.73. The summed E-state index contributed by atoms with van der Waals surface area (Å²) in [7, 11) is 0. The van der Waals surface area contributed by atoms with Crippen LogP contribution >= 0.6 is 11.6 Å². The molecule has 236 valence electrons. The van der Waals surface area contributed by atoms with Crippen LogP contribution in [0.3, 0.4) is 0 Å². The summed E-state index contributed by atoms with van der Waals surface area (Å²) in [4.78, 5) is 19.4. The van der Waals surface area contributed by atoms with E-state index in [1.54, 1.807) is 6.20 Å². The molecule has 2 unspecified atom stereocenters. The van der Waals surface area contributed by atoms with Gasteiger partial charge in [-0.05, 0) is 80.8 Å². The molecule has 0 spiro atoms. The highest BCUT2D eigenvalue weighted by molar-refractivity contribution is 6.36. The van der Waals surface area contributed by atoms with Crippen LogP contribution in [0.4, 0.5) is 10.2 Å². The highest BCUT2D eigenvalue weighted by atomic mass is 35.5. The molecular formula is C36H37ClFN7O. The Morgan fingerprint density at radius 2 is 1.85 bits per heavy atom. The smallest absolute Gasteiger partial charge is 0.319 e. The Bertz CT molecular complexity index is 1920. The second-order valence-corrected chi connectivity index (χ2v) is 14.2. The van der Waals surface area contributed by atoms with E-state index in [4.69, 9.17) is 31.3 Å². The maximum absolute atomic E-state index is 16.8. The average Bonchev–Trinajstić information content (AvgIpc) is 3.87. The Labute approximate surface area is 272 Å². The van der Waals surface area contributed by atoms with Gasteiger partial charge in [0.15, 0.2) is 5.82 Å². The third-order valence-electron chi connectivity index (χ3n) is 11.1. The van der Waals surface area contributed by atoms with Crippen molar-refractivity contribution in [3.63, 3.8) is 0 Å². The molecule has 3 aromatic heterocycles. The fourth-order valence-electron chi connectivity index (χ4n) is 9.02. The molecular weight excluding hydrogens is 601 g/mol. The molecule has 46 heavy (non-hydrogen) atoms. The van der Waals surface area contributed by atoms with Crippen molar-refractivity contribution in [2.75, 3.05) is 31.1 Å². The van der Waals surface area contributed by atoms with Gasteiger partial charge in [0.1, 0.15) is 23.6 Å². The van der Waals surface area contributed by atoms with E-state index in [-0.39, 0.29) is 22.8 Å². The van der Waals surface area contributed by atoms with Crippen molar-refractivity contribution in [2.45, 2.75) is 63.1 Å². The van der Waals surface area contributed by atoms with Crippen molar-refractivity contribution in [2.24, 2.45) is 11.8 Å². The summed E-state index contributed by atoms with van der Waals surface area (Å²) in [5.41, 5.74) is 1.06. The first-order valence-corrected chi connectivity index (χ1v) is 17.1. The van der Waals surface area contributed by atoms with E-state index in [0.717, 1.165) is 68.5 Å². The summed E-state index contributed by atoms with van der Waals surface area (Å²) >= 11 is 6.65. The Balaban J connectivity index is 1.10. The van der Waals surface area contributed by atoms with Crippen LogP contribution in [0.5, 0.6) is 6.01 Å². The molecule has 10 heteroatoms. The lowest BCUT2D eigenvalue weighted by Gasteiger charge is -2.35. The molecule has 5 aromatic rings. The van der Waals surface area contributed by atoms with Crippen LogP contribution in [0.25, 0.3) is 32.9 Å². The largest absolute Gasteiger partial charge is 0.461 e. The van der Waals surface area contributed by atoms with Gasteiger partial charge >= 0.3 is 6.01 Å². The molecule has 1 saturated carbocycles. The summed E-state index contributed by atoms with van der Waals surface area (Å²) in [5.74, 6) is 1.53. The second-order valence-electron chi connectivity index (χ2n) is 13.8. The first kappa shape index (κ1) is 28.4. The van der Waals surface area contributed by atoms with Gasteiger partial charge in [-0.3, -0.25) is 14.6 Å². The fourth-order valence-corrected chi connectivity index (χ4v) is 9.30. The number of nitrogens with zero attached hydrogens (tertiary/aromatic N) is 7. The van der Waals surface area contributed by atoms with Crippen molar-refractivity contribution in [1.82, 2.24) is 29.6 Å². The van der Waals surface area contributed by atoms with Gasteiger partial charge in [0, 0.05) is 53.7 Å². The van der Waals surface area contributed by atoms with E-state index >= 15 is 4.39 Å². The maximum atomic E-state index is 16.8. The molecule has 6 heterocycles. The first-order valence-electron chi connectivity index (χ1n) is 16.7. The standard InChI is InChI=1S/C36H37ClFN7O/c37-29-8-2-6-25-5-1-7-27(30(25)29)32-31(38)33-28(18-39-32)34(43-19-23-9-10-24(17-23)20-43)42-35(41-33)46-22-36-12-3-16-45(36)26(11-13-36)21-44-15-4-14-40-44/h1-2,4-8,14-15,18,23-24,26H,3,9-13,16-17,19-22H2/t23?,24?,26-,36-/m1/s1. The monoisotopic (exact) mass is 637 g/mol. The average molecular weight is 638 g/mol. The Hall–Kier alpha value is -3.82. The van der Waals surface area contributed by atoms with Crippen molar-refractivity contribution in [1.29, 1.82) is 0 Å². The van der Waals surface area contributed by atoms with Gasteiger partial charge in [0.05, 0.1) is 17.5 Å². The normalized spacial score (nSPS) is 26.0. The number of pyridine rings is 1. The summed E-state index contributed by atoms with van der Waals surface area (Å²) in [6, 6.07) is 14.1. The van der Waals surface area contributed by atoms with E-state index < -0.39 is 5.82 Å². The molecule has 0 N–H and O–H groups in total.